The van der Waals surface area contributed by atoms with Gasteiger partial charge in [-0.1, -0.05) is 45.0 Å². The Hall–Kier alpha value is -3.02. The van der Waals surface area contributed by atoms with Crippen molar-refractivity contribution >= 4 is 11.8 Å². The zero-order valence-electron chi connectivity index (χ0n) is 19.2. The first kappa shape index (κ1) is 24.3. The Kier molecular flexibility index (Phi) is 9.38. The van der Waals surface area contributed by atoms with Crippen LogP contribution < -0.4 is 14.8 Å². The van der Waals surface area contributed by atoms with E-state index in [4.69, 9.17) is 9.47 Å². The molecule has 1 N–H and O–H groups in total. The van der Waals surface area contributed by atoms with E-state index >= 15 is 0 Å². The smallest absolute Gasteiger partial charge is 0.261 e. The van der Waals surface area contributed by atoms with Gasteiger partial charge in [-0.2, -0.15) is 0 Å². The molecular formula is C25H34N2O4. The van der Waals surface area contributed by atoms with Gasteiger partial charge in [-0.25, -0.2) is 0 Å². The lowest BCUT2D eigenvalue weighted by molar-refractivity contribution is -0.143. The van der Waals surface area contributed by atoms with Crippen LogP contribution >= 0.6 is 0 Å². The molecule has 0 saturated heterocycles. The summed E-state index contributed by atoms with van der Waals surface area (Å²) in [6, 6.07) is 14.5. The van der Waals surface area contributed by atoms with Crippen LogP contribution in [0.15, 0.2) is 48.5 Å². The van der Waals surface area contributed by atoms with Crippen LogP contribution in [0.5, 0.6) is 11.5 Å². The van der Waals surface area contributed by atoms with Gasteiger partial charge in [0.05, 0.1) is 7.11 Å². The maximum absolute atomic E-state index is 13.2. The summed E-state index contributed by atoms with van der Waals surface area (Å²) in [6.07, 6.45) is 0.504. The second-order valence-corrected chi connectivity index (χ2v) is 8.04. The fourth-order valence-electron chi connectivity index (χ4n) is 3.24. The third-order valence-corrected chi connectivity index (χ3v) is 4.91. The molecule has 0 heterocycles. The summed E-state index contributed by atoms with van der Waals surface area (Å²) < 4.78 is 11.0. The number of benzene rings is 2. The van der Waals surface area contributed by atoms with E-state index in [1.807, 2.05) is 76.2 Å². The van der Waals surface area contributed by atoms with Crippen LogP contribution in [0.25, 0.3) is 0 Å². The molecule has 0 saturated carbocycles. The summed E-state index contributed by atoms with van der Waals surface area (Å²) in [5.41, 5.74) is 1.94. The third-order valence-electron chi connectivity index (χ3n) is 4.91. The molecule has 0 unspecified atom stereocenters. The van der Waals surface area contributed by atoms with E-state index in [-0.39, 0.29) is 18.4 Å². The Morgan fingerprint density at radius 2 is 1.77 bits per heavy atom. The van der Waals surface area contributed by atoms with Crippen molar-refractivity contribution in [2.24, 2.45) is 5.92 Å². The van der Waals surface area contributed by atoms with Gasteiger partial charge in [0.25, 0.3) is 5.91 Å². The van der Waals surface area contributed by atoms with Crippen molar-refractivity contribution in [1.82, 2.24) is 10.2 Å². The van der Waals surface area contributed by atoms with Crippen molar-refractivity contribution in [3.05, 3.63) is 59.7 Å². The summed E-state index contributed by atoms with van der Waals surface area (Å²) >= 11 is 0. The number of nitrogens with one attached hydrogen (secondary N) is 1. The number of ether oxygens (including phenoxy) is 2. The standard InChI is InChI=1S/C25H34N2O4/c1-6-23(25(29)26-15-18(2)3)27(16-20-10-8-11-21(14-20)30-5)24(28)17-31-22-12-7-9-19(4)13-22/h7-14,18,23H,6,15-17H2,1-5H3,(H,26,29)/t23-/m0/s1. The molecule has 2 rings (SSSR count). The van der Waals surface area contributed by atoms with Crippen molar-refractivity contribution in [2.45, 2.75) is 46.7 Å². The second-order valence-electron chi connectivity index (χ2n) is 8.04. The molecule has 2 amide bonds. The van der Waals surface area contributed by atoms with E-state index in [0.29, 0.717) is 36.9 Å². The fraction of sp³-hybridized carbons (Fsp3) is 0.440. The van der Waals surface area contributed by atoms with Gasteiger partial charge >= 0.3 is 0 Å². The zero-order valence-corrected chi connectivity index (χ0v) is 19.2. The second kappa shape index (κ2) is 12.0. The maximum atomic E-state index is 13.2. The average molecular weight is 427 g/mol. The molecule has 0 bridgehead atoms. The summed E-state index contributed by atoms with van der Waals surface area (Å²) in [6.45, 7) is 8.67. The molecule has 168 valence electrons. The molecule has 2 aromatic rings. The minimum absolute atomic E-state index is 0.138. The van der Waals surface area contributed by atoms with Gasteiger partial charge in [0.15, 0.2) is 6.61 Å². The van der Waals surface area contributed by atoms with Crippen molar-refractivity contribution in [2.75, 3.05) is 20.3 Å². The molecule has 1 atom stereocenters. The highest BCUT2D eigenvalue weighted by Crippen LogP contribution is 2.18. The Balaban J connectivity index is 2.21. The highest BCUT2D eigenvalue weighted by atomic mass is 16.5. The number of aryl methyl sites for hydroxylation is 1. The van der Waals surface area contributed by atoms with E-state index in [1.54, 1.807) is 12.0 Å². The highest BCUT2D eigenvalue weighted by molar-refractivity contribution is 5.88. The first-order chi connectivity index (χ1) is 14.8. The molecule has 0 fully saturated rings. The number of amides is 2. The number of hydrogen-bond donors (Lipinski definition) is 1. The van der Waals surface area contributed by atoms with Crippen LogP contribution in [0.1, 0.15) is 38.3 Å². The molecule has 6 heteroatoms. The molecule has 0 spiro atoms. The predicted octanol–water partition coefficient (Wildman–Crippen LogP) is 3.96. The molecule has 2 aromatic carbocycles. The predicted molar refractivity (Wildman–Crippen MR) is 122 cm³/mol. The summed E-state index contributed by atoms with van der Waals surface area (Å²) in [5, 5.41) is 2.96. The first-order valence-corrected chi connectivity index (χ1v) is 10.7. The van der Waals surface area contributed by atoms with Gasteiger partial charge in [-0.15, -0.1) is 0 Å². The van der Waals surface area contributed by atoms with Gasteiger partial charge in [-0.3, -0.25) is 9.59 Å². The number of nitrogens with zero attached hydrogens (tertiary/aromatic N) is 1. The minimum Gasteiger partial charge on any atom is -0.497 e. The highest BCUT2D eigenvalue weighted by Gasteiger charge is 2.29. The van der Waals surface area contributed by atoms with Gasteiger partial charge in [0, 0.05) is 13.1 Å². The molecule has 0 radical (unpaired) electrons. The van der Waals surface area contributed by atoms with E-state index in [1.165, 1.54) is 0 Å². The van der Waals surface area contributed by atoms with Crippen molar-refractivity contribution in [3.8, 4) is 11.5 Å². The van der Waals surface area contributed by atoms with E-state index in [0.717, 1.165) is 11.1 Å². The normalized spacial score (nSPS) is 11.7. The van der Waals surface area contributed by atoms with Crippen LogP contribution in [0, 0.1) is 12.8 Å². The lowest BCUT2D eigenvalue weighted by Gasteiger charge is -2.31. The zero-order chi connectivity index (χ0) is 22.8. The van der Waals surface area contributed by atoms with E-state index in [9.17, 15) is 9.59 Å². The maximum Gasteiger partial charge on any atom is 0.261 e. The lowest BCUT2D eigenvalue weighted by atomic mass is 10.1. The quantitative estimate of drug-likeness (QED) is 0.591. The molecule has 0 aliphatic heterocycles. The van der Waals surface area contributed by atoms with Crippen molar-refractivity contribution in [1.29, 1.82) is 0 Å². The van der Waals surface area contributed by atoms with Gasteiger partial charge in [0.2, 0.25) is 5.91 Å². The largest absolute Gasteiger partial charge is 0.497 e. The van der Waals surface area contributed by atoms with Crippen LogP contribution in [-0.2, 0) is 16.1 Å². The SMILES string of the molecule is CC[C@@H](C(=O)NCC(C)C)N(Cc1cccc(OC)c1)C(=O)COc1cccc(C)c1. The summed E-state index contributed by atoms with van der Waals surface area (Å²) in [4.78, 5) is 27.7. The van der Waals surface area contributed by atoms with Crippen LogP contribution in [0.4, 0.5) is 0 Å². The minimum atomic E-state index is -0.585. The van der Waals surface area contributed by atoms with Crippen LogP contribution in [0.2, 0.25) is 0 Å². The Bertz CT molecular complexity index is 866. The molecule has 6 nitrogen and oxygen atoms in total. The molecule has 0 aliphatic carbocycles. The molecular weight excluding hydrogens is 392 g/mol. The van der Waals surface area contributed by atoms with Gasteiger partial charge in [-0.05, 0) is 54.7 Å². The fourth-order valence-corrected chi connectivity index (χ4v) is 3.24. The Morgan fingerprint density at radius 3 is 2.42 bits per heavy atom. The topological polar surface area (TPSA) is 67.9 Å². The molecule has 31 heavy (non-hydrogen) atoms. The molecule has 0 aliphatic rings. The van der Waals surface area contributed by atoms with Gasteiger partial charge < -0.3 is 19.7 Å². The third kappa shape index (κ3) is 7.63. The number of hydrogen-bond acceptors (Lipinski definition) is 4. The van der Waals surface area contributed by atoms with E-state index < -0.39 is 6.04 Å². The van der Waals surface area contributed by atoms with Gasteiger partial charge in [0.1, 0.15) is 17.5 Å². The van der Waals surface area contributed by atoms with Crippen molar-refractivity contribution in [3.63, 3.8) is 0 Å². The average Bonchev–Trinajstić information content (AvgIpc) is 2.76. The Morgan fingerprint density at radius 1 is 1.06 bits per heavy atom. The summed E-state index contributed by atoms with van der Waals surface area (Å²) in [7, 11) is 1.60. The Labute approximate surface area is 185 Å². The number of methoxy groups -OCH3 is 1. The van der Waals surface area contributed by atoms with Crippen molar-refractivity contribution < 1.29 is 19.1 Å². The first-order valence-electron chi connectivity index (χ1n) is 10.7. The lowest BCUT2D eigenvalue weighted by Crippen LogP contribution is -2.50. The van der Waals surface area contributed by atoms with Crippen LogP contribution in [-0.4, -0.2) is 43.0 Å². The number of carbonyl (C=O) groups is 2. The summed E-state index contributed by atoms with van der Waals surface area (Å²) in [5.74, 6) is 1.28. The van der Waals surface area contributed by atoms with E-state index in [2.05, 4.69) is 5.32 Å². The van der Waals surface area contributed by atoms with Crippen LogP contribution in [0.3, 0.4) is 0 Å². The molecule has 0 aromatic heterocycles. The number of carbonyl (C=O) groups excluding carboxylic acids is 2. The monoisotopic (exact) mass is 426 g/mol. The number of rotatable bonds is 11.